The second kappa shape index (κ2) is 8.35. The molecule has 0 radical (unpaired) electrons. The first-order valence-corrected chi connectivity index (χ1v) is 10.3. The summed E-state index contributed by atoms with van der Waals surface area (Å²) in [6.07, 6.45) is 0.384. The number of hydrogen-bond acceptors (Lipinski definition) is 6. The summed E-state index contributed by atoms with van der Waals surface area (Å²) in [4.78, 5) is 29.4. The van der Waals surface area contributed by atoms with E-state index in [1.54, 1.807) is 19.2 Å². The van der Waals surface area contributed by atoms with Gasteiger partial charge >= 0.3 is 0 Å². The van der Waals surface area contributed by atoms with Gasteiger partial charge in [-0.05, 0) is 53.7 Å². The number of methoxy groups -OCH3 is 1. The number of aromatic nitrogens is 2. The lowest BCUT2D eigenvalue weighted by Crippen LogP contribution is -2.28. The third-order valence-corrected chi connectivity index (χ3v) is 5.77. The zero-order valence-electron chi connectivity index (χ0n) is 17.1. The molecule has 0 atom stereocenters. The Bertz CT molecular complexity index is 1190. The van der Waals surface area contributed by atoms with Gasteiger partial charge in [0.1, 0.15) is 27.5 Å². The Labute approximate surface area is 182 Å². The second-order valence-corrected chi connectivity index (χ2v) is 7.86. The van der Waals surface area contributed by atoms with Crippen molar-refractivity contribution in [3.8, 4) is 5.75 Å². The van der Waals surface area contributed by atoms with Crippen LogP contribution in [-0.4, -0.2) is 33.5 Å². The van der Waals surface area contributed by atoms with Crippen molar-refractivity contribution < 1.29 is 18.7 Å². The summed E-state index contributed by atoms with van der Waals surface area (Å²) in [7, 11) is 1.60. The summed E-state index contributed by atoms with van der Waals surface area (Å²) in [6, 6.07) is 13.3. The lowest BCUT2D eigenvalue weighted by molar-refractivity contribution is -0.116. The minimum Gasteiger partial charge on any atom is -0.497 e. The molecule has 7 nitrogen and oxygen atoms in total. The van der Waals surface area contributed by atoms with Crippen LogP contribution in [0.4, 0.5) is 10.2 Å². The molecule has 0 fully saturated rings. The van der Waals surface area contributed by atoms with Crippen molar-refractivity contribution in [2.24, 2.45) is 5.10 Å². The smallest absolute Gasteiger partial charge is 0.245 e. The lowest BCUT2D eigenvalue weighted by atomic mass is 10.1. The average molecular weight is 438 g/mol. The molecule has 0 saturated heterocycles. The minimum absolute atomic E-state index is 0.228. The van der Waals surface area contributed by atoms with Crippen LogP contribution in [0.15, 0.2) is 58.7 Å². The van der Waals surface area contributed by atoms with Gasteiger partial charge in [0, 0.05) is 25.8 Å². The largest absolute Gasteiger partial charge is 0.497 e. The quantitative estimate of drug-likeness (QED) is 0.613. The van der Waals surface area contributed by atoms with Crippen LogP contribution in [0, 0.1) is 5.82 Å². The maximum atomic E-state index is 13.3. The standard InChI is InChI=1S/C22H19FN4O3S/c1-13(28)26-19(12-15-4-10-18(30-3)11-5-15)24-20-22(26)31-21(25-27(20)14(2)29)16-6-8-17(23)9-7-16/h4-11H,12H2,1-3H3. The molecule has 0 N–H and O–H groups in total. The number of nitrogens with zero attached hydrogens (tertiary/aromatic N) is 4. The number of hydrogen-bond donors (Lipinski definition) is 0. The van der Waals surface area contributed by atoms with Crippen LogP contribution in [-0.2, 0) is 11.2 Å². The van der Waals surface area contributed by atoms with E-state index in [1.165, 1.54) is 47.3 Å². The number of halogens is 1. The predicted molar refractivity (Wildman–Crippen MR) is 116 cm³/mol. The van der Waals surface area contributed by atoms with E-state index < -0.39 is 0 Å². The molecule has 4 rings (SSSR count). The Morgan fingerprint density at radius 3 is 2.29 bits per heavy atom. The first kappa shape index (κ1) is 20.8. The molecule has 1 aromatic heterocycles. The van der Waals surface area contributed by atoms with Crippen molar-refractivity contribution in [3.05, 3.63) is 71.3 Å². The fraction of sp³-hybridized carbons (Fsp3) is 0.182. The number of thioether (sulfide) groups is 1. The van der Waals surface area contributed by atoms with E-state index in [4.69, 9.17) is 4.74 Å². The van der Waals surface area contributed by atoms with Crippen LogP contribution < -0.4 is 9.75 Å². The number of rotatable bonds is 4. The summed E-state index contributed by atoms with van der Waals surface area (Å²) in [5.41, 5.74) is 1.57. The van der Waals surface area contributed by atoms with Crippen molar-refractivity contribution >= 4 is 34.4 Å². The first-order chi connectivity index (χ1) is 14.9. The Morgan fingerprint density at radius 1 is 1.03 bits per heavy atom. The Morgan fingerprint density at radius 2 is 1.71 bits per heavy atom. The molecule has 0 spiro atoms. The number of imidazole rings is 1. The van der Waals surface area contributed by atoms with Crippen LogP contribution in [0.3, 0.4) is 0 Å². The molecule has 0 bridgehead atoms. The molecule has 2 aromatic carbocycles. The highest BCUT2D eigenvalue weighted by molar-refractivity contribution is 8.14. The van der Waals surface area contributed by atoms with Gasteiger partial charge < -0.3 is 4.74 Å². The molecule has 1 aliphatic heterocycles. The molecule has 1 amide bonds. The lowest BCUT2D eigenvalue weighted by Gasteiger charge is -2.21. The number of anilines is 1. The number of amides is 1. The van der Waals surface area contributed by atoms with Gasteiger partial charge in [-0.1, -0.05) is 12.1 Å². The minimum atomic E-state index is -0.371. The molecule has 0 unspecified atom stereocenters. The third-order valence-electron chi connectivity index (χ3n) is 4.70. The van der Waals surface area contributed by atoms with E-state index in [0.29, 0.717) is 33.7 Å². The van der Waals surface area contributed by atoms with E-state index in [1.807, 2.05) is 24.3 Å². The summed E-state index contributed by atoms with van der Waals surface area (Å²) >= 11 is 1.22. The van der Waals surface area contributed by atoms with Crippen molar-refractivity contribution in [1.29, 1.82) is 0 Å². The zero-order valence-corrected chi connectivity index (χ0v) is 17.9. The fourth-order valence-corrected chi connectivity index (χ4v) is 4.32. The highest BCUT2D eigenvalue weighted by Crippen LogP contribution is 2.39. The number of ether oxygens (including phenoxy) is 1. The average Bonchev–Trinajstić information content (AvgIpc) is 3.12. The van der Waals surface area contributed by atoms with E-state index >= 15 is 0 Å². The van der Waals surface area contributed by atoms with Crippen molar-refractivity contribution in [3.63, 3.8) is 0 Å². The summed E-state index contributed by atoms with van der Waals surface area (Å²) in [5.74, 6) is 0.594. The molecule has 31 heavy (non-hydrogen) atoms. The van der Waals surface area contributed by atoms with Crippen LogP contribution in [0.1, 0.15) is 35.6 Å². The van der Waals surface area contributed by atoms with Gasteiger partial charge in [-0.15, -0.1) is 0 Å². The van der Waals surface area contributed by atoms with Gasteiger partial charge in [0.25, 0.3) is 0 Å². The topological polar surface area (TPSA) is 76.8 Å². The normalized spacial score (nSPS) is 12.9. The number of carbonyl (C=O) groups is 2. The predicted octanol–water partition coefficient (Wildman–Crippen LogP) is 4.10. The molecular weight excluding hydrogens is 419 g/mol. The molecule has 0 aliphatic carbocycles. The molecule has 0 saturated carbocycles. The highest BCUT2D eigenvalue weighted by atomic mass is 32.2. The van der Waals surface area contributed by atoms with E-state index in [2.05, 4.69) is 10.1 Å². The van der Waals surface area contributed by atoms with Gasteiger partial charge in [0.2, 0.25) is 11.8 Å². The van der Waals surface area contributed by atoms with Gasteiger partial charge in [0.05, 0.1) is 7.11 Å². The fourth-order valence-electron chi connectivity index (χ4n) is 3.21. The second-order valence-electron chi connectivity index (χ2n) is 6.88. The maximum absolute atomic E-state index is 13.3. The Kier molecular flexibility index (Phi) is 5.60. The van der Waals surface area contributed by atoms with E-state index in [-0.39, 0.29) is 17.6 Å². The summed E-state index contributed by atoms with van der Waals surface area (Å²) in [5, 5.41) is 6.56. The molecular formula is C22H19FN4O3S. The number of carbonyl (C=O) groups excluding carboxylic acids is 2. The molecule has 3 aromatic rings. The molecule has 9 heteroatoms. The van der Waals surface area contributed by atoms with Crippen LogP contribution in [0.5, 0.6) is 5.75 Å². The van der Waals surface area contributed by atoms with Crippen molar-refractivity contribution in [2.45, 2.75) is 25.3 Å². The Hall–Kier alpha value is -3.46. The number of fused-ring (bicyclic) bond motifs is 1. The molecule has 158 valence electrons. The highest BCUT2D eigenvalue weighted by Gasteiger charge is 2.32. The first-order valence-electron chi connectivity index (χ1n) is 9.46. The van der Waals surface area contributed by atoms with Crippen molar-refractivity contribution in [1.82, 2.24) is 9.55 Å². The summed E-state index contributed by atoms with van der Waals surface area (Å²) < 4.78 is 20.0. The molecule has 1 aliphatic rings. The SMILES string of the molecule is COc1ccc(Cc2nc3c(n2C(C)=O)SC(c2ccc(F)cc2)=NN3C(C)=O)cc1. The number of hydrazone groups is 1. The van der Waals surface area contributed by atoms with Crippen LogP contribution in [0.25, 0.3) is 0 Å². The van der Waals surface area contributed by atoms with Gasteiger partial charge in [-0.2, -0.15) is 10.1 Å². The summed E-state index contributed by atoms with van der Waals surface area (Å²) in [6.45, 7) is 2.82. The van der Waals surface area contributed by atoms with Crippen LogP contribution in [0.2, 0.25) is 0 Å². The van der Waals surface area contributed by atoms with E-state index in [9.17, 15) is 14.0 Å². The van der Waals surface area contributed by atoms with Crippen molar-refractivity contribution in [2.75, 3.05) is 12.1 Å². The zero-order chi connectivity index (χ0) is 22.1. The third kappa shape index (κ3) is 4.09. The van der Waals surface area contributed by atoms with E-state index in [0.717, 1.165) is 11.3 Å². The molecule has 2 heterocycles. The van der Waals surface area contributed by atoms with Gasteiger partial charge in [-0.25, -0.2) is 9.37 Å². The monoisotopic (exact) mass is 438 g/mol. The van der Waals surface area contributed by atoms with Gasteiger partial charge in [0.15, 0.2) is 5.82 Å². The number of benzene rings is 2. The van der Waals surface area contributed by atoms with Gasteiger partial charge in [-0.3, -0.25) is 14.2 Å². The maximum Gasteiger partial charge on any atom is 0.245 e. The van der Waals surface area contributed by atoms with Crippen LogP contribution >= 0.6 is 11.8 Å². The Balaban J connectivity index is 1.77.